The third-order valence-electron chi connectivity index (χ3n) is 5.98. The number of rotatable bonds is 6. The minimum Gasteiger partial charge on any atom is -0.507 e. The van der Waals surface area contributed by atoms with Gasteiger partial charge in [0.2, 0.25) is 0 Å². The van der Waals surface area contributed by atoms with Crippen LogP contribution in [0.25, 0.3) is 5.76 Å². The van der Waals surface area contributed by atoms with Gasteiger partial charge in [-0.25, -0.2) is 0 Å². The Labute approximate surface area is 176 Å². The molecule has 4 rings (SSSR count). The maximum absolute atomic E-state index is 13.0. The molecule has 0 bridgehead atoms. The van der Waals surface area contributed by atoms with E-state index in [1.807, 2.05) is 37.2 Å². The van der Waals surface area contributed by atoms with E-state index in [4.69, 9.17) is 4.42 Å². The second-order valence-electron chi connectivity index (χ2n) is 8.36. The standard InChI is InChI=1S/C24H28N2O4/c1-25(2)12-6-13-26-21(19-9-5-14-30-19)20(23(28)24(26)29)22(27)18-11-10-16-7-3-4-8-17(16)15-18/h5,9-11,14-15,21,27H,3-4,6-8,12-13H2,1-2H3/b22-20-. The summed E-state index contributed by atoms with van der Waals surface area (Å²) in [7, 11) is 3.93. The van der Waals surface area contributed by atoms with Gasteiger partial charge in [0.05, 0.1) is 11.8 Å². The number of likely N-dealkylation sites (tertiary alicyclic amines) is 1. The van der Waals surface area contributed by atoms with E-state index in [0.29, 0.717) is 17.9 Å². The molecule has 2 heterocycles. The number of ketones is 1. The summed E-state index contributed by atoms with van der Waals surface area (Å²) in [6.45, 7) is 1.20. The molecule has 6 heteroatoms. The summed E-state index contributed by atoms with van der Waals surface area (Å²) in [4.78, 5) is 29.4. The van der Waals surface area contributed by atoms with Gasteiger partial charge >= 0.3 is 0 Å². The van der Waals surface area contributed by atoms with Crippen molar-refractivity contribution >= 4 is 17.4 Å². The van der Waals surface area contributed by atoms with E-state index in [0.717, 1.165) is 32.2 Å². The molecule has 1 fully saturated rings. The number of benzene rings is 1. The molecule has 30 heavy (non-hydrogen) atoms. The van der Waals surface area contributed by atoms with Crippen LogP contribution in [0.2, 0.25) is 0 Å². The highest BCUT2D eigenvalue weighted by molar-refractivity contribution is 6.46. The summed E-state index contributed by atoms with van der Waals surface area (Å²) in [6.07, 6.45) is 6.55. The molecule has 2 aromatic rings. The number of Topliss-reactive ketones (excluding diaryl/α,β-unsaturated/α-hetero) is 1. The lowest BCUT2D eigenvalue weighted by molar-refractivity contribution is -0.140. The van der Waals surface area contributed by atoms with Crippen LogP contribution in [-0.4, -0.2) is 53.8 Å². The molecule has 2 aliphatic rings. The van der Waals surface area contributed by atoms with Gasteiger partial charge in [0.15, 0.2) is 0 Å². The highest BCUT2D eigenvalue weighted by Crippen LogP contribution is 2.40. The fraction of sp³-hybridized carbons (Fsp3) is 0.417. The minimum absolute atomic E-state index is 0.107. The molecule has 158 valence electrons. The lowest BCUT2D eigenvalue weighted by Crippen LogP contribution is -2.32. The van der Waals surface area contributed by atoms with Crippen molar-refractivity contribution in [1.82, 2.24) is 9.80 Å². The van der Waals surface area contributed by atoms with Crippen LogP contribution >= 0.6 is 0 Å². The molecule has 1 aromatic heterocycles. The van der Waals surface area contributed by atoms with Crippen molar-refractivity contribution in [2.75, 3.05) is 27.2 Å². The predicted molar refractivity (Wildman–Crippen MR) is 114 cm³/mol. The van der Waals surface area contributed by atoms with Crippen LogP contribution in [0.4, 0.5) is 0 Å². The number of carbonyl (C=O) groups excluding carboxylic acids is 2. The number of hydrogen-bond donors (Lipinski definition) is 1. The number of furan rings is 1. The Bertz CT molecular complexity index is 975. The molecule has 1 atom stereocenters. The van der Waals surface area contributed by atoms with Crippen molar-refractivity contribution in [3.05, 3.63) is 64.6 Å². The largest absolute Gasteiger partial charge is 0.507 e. The number of hydrogen-bond acceptors (Lipinski definition) is 5. The Morgan fingerprint density at radius 1 is 1.17 bits per heavy atom. The summed E-state index contributed by atoms with van der Waals surface area (Å²) >= 11 is 0. The van der Waals surface area contributed by atoms with Crippen LogP contribution in [-0.2, 0) is 22.4 Å². The second kappa shape index (κ2) is 8.48. The topological polar surface area (TPSA) is 74.0 Å². The van der Waals surface area contributed by atoms with Crippen LogP contribution in [0.3, 0.4) is 0 Å². The molecule has 1 unspecified atom stereocenters. The van der Waals surface area contributed by atoms with E-state index in [1.54, 1.807) is 12.1 Å². The third kappa shape index (κ3) is 3.79. The molecule has 1 amide bonds. The van der Waals surface area contributed by atoms with Crippen molar-refractivity contribution in [2.24, 2.45) is 0 Å². The quantitative estimate of drug-likeness (QED) is 0.450. The number of amides is 1. The fourth-order valence-corrected chi connectivity index (χ4v) is 4.45. The van der Waals surface area contributed by atoms with Gasteiger partial charge in [0.1, 0.15) is 17.6 Å². The van der Waals surface area contributed by atoms with Gasteiger partial charge in [-0.15, -0.1) is 0 Å². The van der Waals surface area contributed by atoms with Gasteiger partial charge < -0.3 is 19.3 Å². The first-order valence-corrected chi connectivity index (χ1v) is 10.6. The van der Waals surface area contributed by atoms with Gasteiger partial charge in [-0.1, -0.05) is 12.1 Å². The molecule has 1 aliphatic heterocycles. The zero-order chi connectivity index (χ0) is 21.3. The van der Waals surface area contributed by atoms with E-state index in [1.165, 1.54) is 28.7 Å². The molecule has 0 radical (unpaired) electrons. The second-order valence-corrected chi connectivity index (χ2v) is 8.36. The predicted octanol–water partition coefficient (Wildman–Crippen LogP) is 3.53. The van der Waals surface area contributed by atoms with Crippen LogP contribution in [0, 0.1) is 0 Å². The van der Waals surface area contributed by atoms with Crippen LogP contribution < -0.4 is 0 Å². The Balaban J connectivity index is 1.74. The molecule has 1 aromatic carbocycles. The molecular weight excluding hydrogens is 380 g/mol. The van der Waals surface area contributed by atoms with Crippen LogP contribution in [0.5, 0.6) is 0 Å². The average molecular weight is 408 g/mol. The average Bonchev–Trinajstić information content (AvgIpc) is 3.35. The molecule has 1 saturated heterocycles. The first-order chi connectivity index (χ1) is 14.5. The first kappa shape index (κ1) is 20.4. The number of nitrogens with zero attached hydrogens (tertiary/aromatic N) is 2. The van der Waals surface area contributed by atoms with Crippen molar-refractivity contribution < 1.29 is 19.1 Å². The SMILES string of the molecule is CN(C)CCCN1C(=O)C(=O)/C(=C(\O)c2ccc3c(c2)CCCC3)C1c1ccco1. The normalized spacial score (nSPS) is 20.8. The number of aryl methyl sites for hydroxylation is 2. The van der Waals surface area contributed by atoms with Crippen LogP contribution in [0.15, 0.2) is 46.6 Å². The lowest BCUT2D eigenvalue weighted by atomic mass is 9.89. The summed E-state index contributed by atoms with van der Waals surface area (Å²) < 4.78 is 5.58. The molecule has 1 N–H and O–H groups in total. The zero-order valence-corrected chi connectivity index (χ0v) is 17.6. The number of aliphatic hydroxyl groups excluding tert-OH is 1. The molecule has 6 nitrogen and oxygen atoms in total. The highest BCUT2D eigenvalue weighted by atomic mass is 16.3. The van der Waals surface area contributed by atoms with E-state index < -0.39 is 17.7 Å². The minimum atomic E-state index is -0.710. The summed E-state index contributed by atoms with van der Waals surface area (Å²) in [6, 6.07) is 8.60. The first-order valence-electron chi connectivity index (χ1n) is 10.6. The highest BCUT2D eigenvalue weighted by Gasteiger charge is 2.47. The van der Waals surface area contributed by atoms with E-state index >= 15 is 0 Å². The van der Waals surface area contributed by atoms with Crippen molar-refractivity contribution in [1.29, 1.82) is 0 Å². The van der Waals surface area contributed by atoms with Gasteiger partial charge in [0, 0.05) is 12.1 Å². The Morgan fingerprint density at radius 3 is 2.63 bits per heavy atom. The third-order valence-corrected chi connectivity index (χ3v) is 5.98. The zero-order valence-electron chi connectivity index (χ0n) is 17.6. The maximum atomic E-state index is 13.0. The Hall–Kier alpha value is -2.86. The van der Waals surface area contributed by atoms with Crippen molar-refractivity contribution in [2.45, 2.75) is 38.1 Å². The summed E-state index contributed by atoms with van der Waals surface area (Å²) in [5.41, 5.74) is 3.19. The van der Waals surface area contributed by atoms with E-state index in [9.17, 15) is 14.7 Å². The number of carbonyl (C=O) groups is 2. The number of aliphatic hydroxyl groups is 1. The van der Waals surface area contributed by atoms with Gasteiger partial charge in [-0.3, -0.25) is 9.59 Å². The Morgan fingerprint density at radius 2 is 1.93 bits per heavy atom. The molecule has 1 aliphatic carbocycles. The van der Waals surface area contributed by atoms with Crippen LogP contribution in [0.1, 0.15) is 47.8 Å². The molecule has 0 spiro atoms. The van der Waals surface area contributed by atoms with Gasteiger partial charge in [0.25, 0.3) is 11.7 Å². The van der Waals surface area contributed by atoms with Crippen molar-refractivity contribution in [3.63, 3.8) is 0 Å². The van der Waals surface area contributed by atoms with Gasteiger partial charge in [-0.2, -0.15) is 0 Å². The van der Waals surface area contributed by atoms with E-state index in [2.05, 4.69) is 0 Å². The van der Waals surface area contributed by atoms with Crippen molar-refractivity contribution in [3.8, 4) is 0 Å². The smallest absolute Gasteiger partial charge is 0.295 e. The van der Waals surface area contributed by atoms with Gasteiger partial charge in [-0.05, 0) is 82.1 Å². The monoisotopic (exact) mass is 408 g/mol. The summed E-state index contributed by atoms with van der Waals surface area (Å²) in [5.74, 6) is -0.886. The Kier molecular flexibility index (Phi) is 5.77. The van der Waals surface area contributed by atoms with E-state index in [-0.39, 0.29) is 11.3 Å². The summed E-state index contributed by atoms with van der Waals surface area (Å²) in [5, 5.41) is 11.1. The molecule has 0 saturated carbocycles. The maximum Gasteiger partial charge on any atom is 0.295 e. The number of fused-ring (bicyclic) bond motifs is 1. The molecular formula is C24H28N2O4. The fourth-order valence-electron chi connectivity index (χ4n) is 4.45. The lowest BCUT2D eigenvalue weighted by Gasteiger charge is -2.24.